The van der Waals surface area contributed by atoms with Crippen molar-refractivity contribution in [1.82, 2.24) is 0 Å². The normalized spacial score (nSPS) is 11.6. The number of aryl methyl sites for hydroxylation is 6. The van der Waals surface area contributed by atoms with Gasteiger partial charge in [-0.2, -0.15) is 4.57 Å². The van der Waals surface area contributed by atoms with Gasteiger partial charge in [-0.15, -0.1) is 0 Å². The van der Waals surface area contributed by atoms with E-state index in [9.17, 15) is 0 Å². The molecular weight excluding hydrogens is 744 g/mol. The molecule has 0 aromatic heterocycles. The van der Waals surface area contributed by atoms with Crippen molar-refractivity contribution in [3.63, 3.8) is 0 Å². The quantitative estimate of drug-likeness (QED) is 0.0432. The first-order valence-corrected chi connectivity index (χ1v) is 26.4. The number of rotatable bonds is 36. The second-order valence-electron chi connectivity index (χ2n) is 17.4. The van der Waals surface area contributed by atoms with Gasteiger partial charge in [-0.25, -0.2) is 0 Å². The van der Waals surface area contributed by atoms with Crippen LogP contribution in [0.4, 0.5) is 0 Å². The maximum atomic E-state index is 15.6. The van der Waals surface area contributed by atoms with E-state index in [0.29, 0.717) is 17.2 Å². The van der Waals surface area contributed by atoms with Gasteiger partial charge >= 0.3 is 7.82 Å². The lowest BCUT2D eigenvalue weighted by Crippen LogP contribution is -2.11. The summed E-state index contributed by atoms with van der Waals surface area (Å²) in [7, 11) is -4.24. The Morgan fingerprint density at radius 1 is 0.322 bits per heavy atom. The number of benzene rings is 3. The molecule has 0 N–H and O–H groups in total. The van der Waals surface area contributed by atoms with Crippen LogP contribution in [-0.4, -0.2) is 0 Å². The molecule has 3 rings (SSSR count). The van der Waals surface area contributed by atoms with E-state index in [-0.39, 0.29) is 0 Å². The molecule has 332 valence electrons. The standard InChI is InChI=1S/C54H87O4P/c1-7-13-19-25-31-46-37-40-52(49(43-46)34-28-22-16-10-4)56-59(55,57-53-41-38-47(32-26-20-14-8-2)44-50(53)35-29-23-17-11-5)58-54-42-39-48(33-27-21-15-9-3)45-51(54)36-30-24-18-12-6/h37-45H,7-36H2,1-6H3. The van der Waals surface area contributed by atoms with Crippen LogP contribution < -0.4 is 13.6 Å². The van der Waals surface area contributed by atoms with E-state index in [0.717, 1.165) is 74.5 Å². The number of hydrogen-bond donors (Lipinski definition) is 0. The largest absolute Gasteiger partial charge is 0.647 e. The van der Waals surface area contributed by atoms with E-state index in [1.165, 1.54) is 152 Å². The van der Waals surface area contributed by atoms with E-state index in [1.807, 2.05) is 18.2 Å². The molecule has 0 fully saturated rings. The molecule has 0 bridgehead atoms. The molecule has 59 heavy (non-hydrogen) atoms. The van der Waals surface area contributed by atoms with E-state index >= 15 is 4.57 Å². The molecule has 0 aliphatic rings. The van der Waals surface area contributed by atoms with Crippen molar-refractivity contribution in [2.24, 2.45) is 0 Å². The first kappa shape index (κ1) is 50.6. The summed E-state index contributed by atoms with van der Waals surface area (Å²) in [6.07, 6.45) is 34.4. The fourth-order valence-corrected chi connectivity index (χ4v) is 9.50. The van der Waals surface area contributed by atoms with Crippen molar-refractivity contribution < 1.29 is 18.1 Å². The molecular formula is C54H87O4P. The van der Waals surface area contributed by atoms with Gasteiger partial charge in [0.25, 0.3) is 0 Å². The fourth-order valence-electron chi connectivity index (χ4n) is 8.13. The monoisotopic (exact) mass is 831 g/mol. The maximum absolute atomic E-state index is 15.6. The minimum absolute atomic E-state index is 0.622. The minimum atomic E-state index is -4.24. The molecule has 3 aromatic carbocycles. The van der Waals surface area contributed by atoms with E-state index in [4.69, 9.17) is 13.6 Å². The molecule has 0 radical (unpaired) electrons. The van der Waals surface area contributed by atoms with Gasteiger partial charge in [-0.1, -0.05) is 194 Å². The molecule has 0 amide bonds. The molecule has 0 atom stereocenters. The average molecular weight is 831 g/mol. The zero-order valence-corrected chi connectivity index (χ0v) is 39.9. The van der Waals surface area contributed by atoms with Crippen molar-refractivity contribution >= 4 is 7.82 Å². The highest BCUT2D eigenvalue weighted by atomic mass is 31.2. The highest BCUT2D eigenvalue weighted by Crippen LogP contribution is 2.52. The van der Waals surface area contributed by atoms with E-state index < -0.39 is 7.82 Å². The van der Waals surface area contributed by atoms with Crippen molar-refractivity contribution in [3.8, 4) is 17.2 Å². The number of unbranched alkanes of at least 4 members (excludes halogenated alkanes) is 18. The second kappa shape index (κ2) is 31.2. The zero-order chi connectivity index (χ0) is 42.4. The van der Waals surface area contributed by atoms with Gasteiger partial charge in [0, 0.05) is 0 Å². The number of phosphoric ester groups is 1. The van der Waals surface area contributed by atoms with Crippen LogP contribution in [0.3, 0.4) is 0 Å². The molecule has 0 aliphatic carbocycles. The van der Waals surface area contributed by atoms with Gasteiger partial charge < -0.3 is 13.6 Å². The topological polar surface area (TPSA) is 44.8 Å². The van der Waals surface area contributed by atoms with Gasteiger partial charge in [-0.3, -0.25) is 0 Å². The summed E-state index contributed by atoms with van der Waals surface area (Å²) in [4.78, 5) is 0. The lowest BCUT2D eigenvalue weighted by molar-refractivity contribution is 0.295. The Morgan fingerprint density at radius 3 is 0.797 bits per heavy atom. The summed E-state index contributed by atoms with van der Waals surface area (Å²) < 4.78 is 35.9. The summed E-state index contributed by atoms with van der Waals surface area (Å²) in [6.45, 7) is 13.6. The summed E-state index contributed by atoms with van der Waals surface area (Å²) in [5.41, 5.74) is 7.28. The Kier molecular flexibility index (Phi) is 26.8. The number of hydrogen-bond acceptors (Lipinski definition) is 4. The van der Waals surface area contributed by atoms with Crippen molar-refractivity contribution in [1.29, 1.82) is 0 Å². The van der Waals surface area contributed by atoms with Crippen molar-refractivity contribution in [2.75, 3.05) is 0 Å². The van der Waals surface area contributed by atoms with Crippen LogP contribution in [-0.2, 0) is 43.1 Å². The molecule has 0 saturated heterocycles. The summed E-state index contributed by atoms with van der Waals surface area (Å²) in [5, 5.41) is 0. The minimum Gasteiger partial charge on any atom is -0.386 e. The van der Waals surface area contributed by atoms with Crippen LogP contribution in [0, 0.1) is 0 Å². The van der Waals surface area contributed by atoms with Gasteiger partial charge in [0.05, 0.1) is 0 Å². The van der Waals surface area contributed by atoms with Gasteiger partial charge in [0.15, 0.2) is 0 Å². The molecule has 5 heteroatoms. The predicted molar refractivity (Wildman–Crippen MR) is 256 cm³/mol. The fraction of sp³-hybridized carbons (Fsp3) is 0.667. The van der Waals surface area contributed by atoms with Gasteiger partial charge in [0.1, 0.15) is 17.2 Å². The Labute approximate surface area is 364 Å². The smallest absolute Gasteiger partial charge is 0.386 e. The SMILES string of the molecule is CCCCCCc1ccc(OP(=O)(Oc2ccc(CCCCCC)cc2CCCCCC)Oc2ccc(CCCCCC)cc2CCCCCC)c(CCCCCC)c1. The van der Waals surface area contributed by atoms with Crippen molar-refractivity contribution in [3.05, 3.63) is 88.0 Å². The molecule has 0 aliphatic heterocycles. The summed E-state index contributed by atoms with van der Waals surface area (Å²) >= 11 is 0. The molecule has 0 saturated carbocycles. The third-order valence-electron chi connectivity index (χ3n) is 11.9. The predicted octanol–water partition coefficient (Wildman–Crippen LogP) is 18.1. The molecule has 0 spiro atoms. The number of phosphoric acid groups is 1. The van der Waals surface area contributed by atoms with Crippen LogP contribution >= 0.6 is 7.82 Å². The lowest BCUT2D eigenvalue weighted by atomic mass is 10.00. The van der Waals surface area contributed by atoms with Gasteiger partial charge in [0.2, 0.25) is 0 Å². The second-order valence-corrected chi connectivity index (χ2v) is 18.9. The maximum Gasteiger partial charge on any atom is 0.647 e. The summed E-state index contributed by atoms with van der Waals surface area (Å²) in [6, 6.07) is 19.5. The van der Waals surface area contributed by atoms with E-state index in [1.54, 1.807) is 0 Å². The zero-order valence-electron chi connectivity index (χ0n) is 39.0. The average Bonchev–Trinajstić information content (AvgIpc) is 3.24. The first-order chi connectivity index (χ1) is 28.9. The van der Waals surface area contributed by atoms with Crippen molar-refractivity contribution in [2.45, 2.75) is 234 Å². The van der Waals surface area contributed by atoms with Crippen LogP contribution in [0.5, 0.6) is 17.2 Å². The molecule has 3 aromatic rings. The van der Waals surface area contributed by atoms with Gasteiger partial charge in [-0.05, 0) is 129 Å². The Balaban J connectivity index is 2.09. The summed E-state index contributed by atoms with van der Waals surface area (Å²) in [5.74, 6) is 1.86. The van der Waals surface area contributed by atoms with Crippen LogP contribution in [0.15, 0.2) is 54.6 Å². The first-order valence-electron chi connectivity index (χ1n) is 24.9. The van der Waals surface area contributed by atoms with Crippen LogP contribution in [0.2, 0.25) is 0 Å². The molecule has 0 unspecified atom stereocenters. The molecule has 4 nitrogen and oxygen atoms in total. The van der Waals surface area contributed by atoms with E-state index in [2.05, 4.69) is 77.9 Å². The third-order valence-corrected chi connectivity index (χ3v) is 13.1. The highest BCUT2D eigenvalue weighted by Gasteiger charge is 2.36. The third kappa shape index (κ3) is 20.6. The van der Waals surface area contributed by atoms with Crippen LogP contribution in [0.1, 0.15) is 229 Å². The molecule has 0 heterocycles. The Bertz CT molecular complexity index is 1400. The van der Waals surface area contributed by atoms with Crippen LogP contribution in [0.25, 0.3) is 0 Å². The Morgan fingerprint density at radius 2 is 0.559 bits per heavy atom. The lowest BCUT2D eigenvalue weighted by Gasteiger charge is -2.24. The Hall–Kier alpha value is -2.71. The highest BCUT2D eigenvalue weighted by molar-refractivity contribution is 7.49.